The van der Waals surface area contributed by atoms with Crippen molar-refractivity contribution in [3.63, 3.8) is 0 Å². The Hall–Kier alpha value is -5.63. The van der Waals surface area contributed by atoms with E-state index in [1.807, 2.05) is 115 Å². The summed E-state index contributed by atoms with van der Waals surface area (Å²) in [6.45, 7) is 0.441. The SMILES string of the molecule is O=C(O)c1cc2nc(-c3cccc(Oc4ccccc4)c3)cc(Nc3cccc(OCc4ccccc4)c3)n2n1. The molecule has 0 aliphatic heterocycles. The molecule has 0 fully saturated rings. The van der Waals surface area contributed by atoms with E-state index in [0.717, 1.165) is 22.6 Å². The number of carboxylic acids is 1. The fraction of sp³-hybridized carbons (Fsp3) is 0.0312. The van der Waals surface area contributed by atoms with Gasteiger partial charge < -0.3 is 19.9 Å². The smallest absolute Gasteiger partial charge is 0.356 e. The topological polar surface area (TPSA) is 98.0 Å². The van der Waals surface area contributed by atoms with E-state index >= 15 is 0 Å². The van der Waals surface area contributed by atoms with Crippen LogP contribution in [0.15, 0.2) is 121 Å². The van der Waals surface area contributed by atoms with Gasteiger partial charge in [-0.05, 0) is 42.0 Å². The van der Waals surface area contributed by atoms with Gasteiger partial charge in [-0.2, -0.15) is 9.61 Å². The lowest BCUT2D eigenvalue weighted by atomic mass is 10.1. The number of aromatic nitrogens is 3. The number of carbonyl (C=O) groups is 1. The standard InChI is InChI=1S/C32H24N4O4/c37-32(38)29-20-31-34-28(23-11-7-16-27(17-23)40-25-13-5-2-6-14-25)19-30(36(31)35-29)33-24-12-8-15-26(18-24)39-21-22-9-3-1-4-10-22/h1-20,33H,21H2,(H,37,38). The summed E-state index contributed by atoms with van der Waals surface area (Å²) in [6.07, 6.45) is 0. The second-order valence-electron chi connectivity index (χ2n) is 9.00. The largest absolute Gasteiger partial charge is 0.489 e. The van der Waals surface area contributed by atoms with E-state index in [9.17, 15) is 9.90 Å². The zero-order valence-corrected chi connectivity index (χ0v) is 21.3. The van der Waals surface area contributed by atoms with Crippen molar-refractivity contribution in [3.05, 3.63) is 133 Å². The molecule has 2 heterocycles. The second-order valence-corrected chi connectivity index (χ2v) is 9.00. The van der Waals surface area contributed by atoms with Crippen LogP contribution in [0.3, 0.4) is 0 Å². The predicted molar refractivity (Wildman–Crippen MR) is 152 cm³/mol. The second kappa shape index (κ2) is 11.0. The third-order valence-corrected chi connectivity index (χ3v) is 6.11. The maximum atomic E-state index is 11.7. The van der Waals surface area contributed by atoms with Crippen LogP contribution in [-0.4, -0.2) is 25.7 Å². The molecule has 0 spiro atoms. The van der Waals surface area contributed by atoms with Crippen molar-refractivity contribution in [1.29, 1.82) is 0 Å². The number of nitrogens with one attached hydrogen (secondary N) is 1. The van der Waals surface area contributed by atoms with Gasteiger partial charge in [0.2, 0.25) is 0 Å². The van der Waals surface area contributed by atoms with Gasteiger partial charge in [0.15, 0.2) is 11.3 Å². The molecule has 6 aromatic rings. The van der Waals surface area contributed by atoms with Gasteiger partial charge in [-0.3, -0.25) is 0 Å². The number of anilines is 2. The number of rotatable bonds is 9. The monoisotopic (exact) mass is 528 g/mol. The van der Waals surface area contributed by atoms with E-state index in [0.29, 0.717) is 35.3 Å². The number of ether oxygens (including phenoxy) is 2. The Morgan fingerprint density at radius 1 is 0.775 bits per heavy atom. The first kappa shape index (κ1) is 24.7. The molecule has 196 valence electrons. The van der Waals surface area contributed by atoms with E-state index in [-0.39, 0.29) is 5.69 Å². The van der Waals surface area contributed by atoms with Crippen molar-refractivity contribution >= 4 is 23.1 Å². The van der Waals surface area contributed by atoms with Gasteiger partial charge in [-0.25, -0.2) is 9.78 Å². The molecule has 6 rings (SSSR count). The molecule has 0 saturated carbocycles. The van der Waals surface area contributed by atoms with Crippen molar-refractivity contribution in [2.24, 2.45) is 0 Å². The van der Waals surface area contributed by atoms with Crippen molar-refractivity contribution in [1.82, 2.24) is 14.6 Å². The highest BCUT2D eigenvalue weighted by molar-refractivity contribution is 5.87. The highest BCUT2D eigenvalue weighted by atomic mass is 16.5. The quantitative estimate of drug-likeness (QED) is 0.205. The Balaban J connectivity index is 1.32. The molecule has 0 unspecified atom stereocenters. The first-order valence-electron chi connectivity index (χ1n) is 12.6. The molecule has 0 aliphatic carbocycles. The van der Waals surface area contributed by atoms with Crippen LogP contribution in [-0.2, 0) is 6.61 Å². The summed E-state index contributed by atoms with van der Waals surface area (Å²) < 4.78 is 13.5. The molecular formula is C32H24N4O4. The Bertz CT molecular complexity index is 1790. The number of fused-ring (bicyclic) bond motifs is 1. The van der Waals surface area contributed by atoms with Crippen molar-refractivity contribution < 1.29 is 19.4 Å². The van der Waals surface area contributed by atoms with Crippen LogP contribution < -0.4 is 14.8 Å². The summed E-state index contributed by atoms with van der Waals surface area (Å²) in [7, 11) is 0. The van der Waals surface area contributed by atoms with Crippen LogP contribution in [0.5, 0.6) is 17.2 Å². The van der Waals surface area contributed by atoms with Crippen LogP contribution in [0.2, 0.25) is 0 Å². The summed E-state index contributed by atoms with van der Waals surface area (Å²) in [6, 6.07) is 37.9. The average Bonchev–Trinajstić information content (AvgIpc) is 3.43. The number of benzene rings is 4. The van der Waals surface area contributed by atoms with Gasteiger partial charge in [0, 0.05) is 29.4 Å². The van der Waals surface area contributed by atoms with Crippen LogP contribution in [0.1, 0.15) is 16.1 Å². The number of nitrogens with zero attached hydrogens (tertiary/aromatic N) is 3. The maximum absolute atomic E-state index is 11.7. The fourth-order valence-electron chi connectivity index (χ4n) is 4.21. The van der Waals surface area contributed by atoms with Gasteiger partial charge in [0.25, 0.3) is 0 Å². The normalized spacial score (nSPS) is 10.8. The third-order valence-electron chi connectivity index (χ3n) is 6.11. The van der Waals surface area contributed by atoms with Crippen molar-refractivity contribution in [3.8, 4) is 28.5 Å². The zero-order chi connectivity index (χ0) is 27.3. The zero-order valence-electron chi connectivity index (χ0n) is 21.3. The van der Waals surface area contributed by atoms with E-state index < -0.39 is 5.97 Å². The van der Waals surface area contributed by atoms with E-state index in [1.54, 1.807) is 0 Å². The molecule has 0 saturated heterocycles. The number of aromatic carboxylic acids is 1. The van der Waals surface area contributed by atoms with Gasteiger partial charge in [0.05, 0.1) is 5.69 Å². The number of hydrogen-bond donors (Lipinski definition) is 2. The molecule has 0 amide bonds. The van der Waals surface area contributed by atoms with Crippen molar-refractivity contribution in [2.75, 3.05) is 5.32 Å². The summed E-state index contributed by atoms with van der Waals surface area (Å²) >= 11 is 0. The molecule has 40 heavy (non-hydrogen) atoms. The number of para-hydroxylation sites is 1. The van der Waals surface area contributed by atoms with Gasteiger partial charge in [-0.1, -0.05) is 66.7 Å². The summed E-state index contributed by atoms with van der Waals surface area (Å²) in [4.78, 5) is 16.4. The number of hydrogen-bond acceptors (Lipinski definition) is 6. The van der Waals surface area contributed by atoms with Gasteiger partial charge in [0.1, 0.15) is 29.7 Å². The summed E-state index contributed by atoms with van der Waals surface area (Å²) in [5.41, 5.74) is 3.53. The lowest BCUT2D eigenvalue weighted by molar-refractivity contribution is 0.0690. The minimum Gasteiger partial charge on any atom is -0.489 e. The molecule has 8 heteroatoms. The molecule has 2 N–H and O–H groups in total. The van der Waals surface area contributed by atoms with Gasteiger partial charge in [-0.15, -0.1) is 0 Å². The Labute approximate surface area is 230 Å². The number of carboxylic acid groups (broad SMARTS) is 1. The highest BCUT2D eigenvalue weighted by Gasteiger charge is 2.15. The lowest BCUT2D eigenvalue weighted by Crippen LogP contribution is -2.04. The Kier molecular flexibility index (Phi) is 6.79. The first-order chi connectivity index (χ1) is 19.6. The molecule has 4 aromatic carbocycles. The van der Waals surface area contributed by atoms with Crippen LogP contribution in [0.4, 0.5) is 11.5 Å². The minimum absolute atomic E-state index is 0.103. The molecule has 0 atom stereocenters. The fourth-order valence-corrected chi connectivity index (χ4v) is 4.21. The molecule has 0 aliphatic rings. The molecular weight excluding hydrogens is 504 g/mol. The molecule has 0 radical (unpaired) electrons. The summed E-state index contributed by atoms with van der Waals surface area (Å²) in [5.74, 6) is 1.48. The van der Waals surface area contributed by atoms with Crippen LogP contribution >= 0.6 is 0 Å². The lowest BCUT2D eigenvalue weighted by Gasteiger charge is -2.13. The average molecular weight is 529 g/mol. The van der Waals surface area contributed by atoms with E-state index in [4.69, 9.17) is 14.5 Å². The molecule has 0 bridgehead atoms. The minimum atomic E-state index is -1.13. The predicted octanol–water partition coefficient (Wildman–Crippen LogP) is 7.21. The Morgan fingerprint density at radius 3 is 2.30 bits per heavy atom. The first-order valence-corrected chi connectivity index (χ1v) is 12.6. The van der Waals surface area contributed by atoms with Gasteiger partial charge >= 0.3 is 5.97 Å². The van der Waals surface area contributed by atoms with Crippen LogP contribution in [0, 0.1) is 0 Å². The summed E-state index contributed by atoms with van der Waals surface area (Å²) in [5, 5.41) is 17.2. The molecule has 2 aromatic heterocycles. The third kappa shape index (κ3) is 5.61. The molecule has 8 nitrogen and oxygen atoms in total. The van der Waals surface area contributed by atoms with E-state index in [1.165, 1.54) is 10.6 Å². The van der Waals surface area contributed by atoms with Crippen molar-refractivity contribution in [2.45, 2.75) is 6.61 Å². The van der Waals surface area contributed by atoms with E-state index in [2.05, 4.69) is 10.4 Å². The maximum Gasteiger partial charge on any atom is 0.356 e. The highest BCUT2D eigenvalue weighted by Crippen LogP contribution is 2.30. The Morgan fingerprint density at radius 2 is 1.50 bits per heavy atom. The van der Waals surface area contributed by atoms with Crippen LogP contribution in [0.25, 0.3) is 16.9 Å².